The Bertz CT molecular complexity index is 1340. The molecular weight excluding hydrogens is 478 g/mol. The Morgan fingerprint density at radius 1 is 1.00 bits per heavy atom. The molecule has 1 aliphatic heterocycles. The molecule has 3 amide bonds. The molecule has 196 valence electrons. The Hall–Kier alpha value is -4.39. The molecular formula is C31H33N3O4. The molecule has 0 aromatic heterocycles. The third-order valence-electron chi connectivity index (χ3n) is 6.30. The zero-order valence-electron chi connectivity index (χ0n) is 22.2. The van der Waals surface area contributed by atoms with Crippen molar-refractivity contribution in [2.24, 2.45) is 0 Å². The first-order chi connectivity index (χ1) is 18.2. The average molecular weight is 512 g/mol. The third kappa shape index (κ3) is 6.29. The molecule has 3 aromatic rings. The molecule has 4 rings (SSSR count). The number of nitrogens with one attached hydrogen (secondary N) is 2. The zero-order chi connectivity index (χ0) is 27.3. The summed E-state index contributed by atoms with van der Waals surface area (Å²) in [6.45, 7) is 8.88. The number of hydrogen-bond acceptors (Lipinski definition) is 4. The minimum Gasteiger partial charge on any atom is -0.494 e. The first kappa shape index (κ1) is 26.7. The molecule has 0 aliphatic carbocycles. The van der Waals surface area contributed by atoms with Crippen molar-refractivity contribution in [3.8, 4) is 5.75 Å². The van der Waals surface area contributed by atoms with Crippen LogP contribution in [0.5, 0.6) is 5.75 Å². The van der Waals surface area contributed by atoms with Crippen LogP contribution in [0.4, 0.5) is 17.1 Å². The summed E-state index contributed by atoms with van der Waals surface area (Å²) in [6, 6.07) is 21.1. The van der Waals surface area contributed by atoms with E-state index in [1.165, 1.54) is 16.5 Å². The Kier molecular flexibility index (Phi) is 7.96. The number of anilines is 3. The van der Waals surface area contributed by atoms with Gasteiger partial charge in [0.15, 0.2) is 0 Å². The average Bonchev–Trinajstić information content (AvgIpc) is 2.89. The number of rotatable bonds is 7. The molecule has 0 unspecified atom stereocenters. The Balaban J connectivity index is 1.54. The van der Waals surface area contributed by atoms with Gasteiger partial charge in [-0.05, 0) is 65.9 Å². The van der Waals surface area contributed by atoms with Crippen LogP contribution in [-0.2, 0) is 19.8 Å². The van der Waals surface area contributed by atoms with E-state index < -0.39 is 11.9 Å². The largest absolute Gasteiger partial charge is 0.494 e. The normalized spacial score (nSPS) is 15.1. The Labute approximate surface area is 223 Å². The molecule has 0 saturated heterocycles. The maximum atomic E-state index is 13.5. The van der Waals surface area contributed by atoms with E-state index >= 15 is 0 Å². The lowest BCUT2D eigenvalue weighted by molar-refractivity contribution is -0.124. The number of benzene rings is 3. The second-order valence-electron chi connectivity index (χ2n) is 10.1. The van der Waals surface area contributed by atoms with Gasteiger partial charge < -0.3 is 15.4 Å². The summed E-state index contributed by atoms with van der Waals surface area (Å²) in [7, 11) is 0. The number of amides is 3. The smallest absolute Gasteiger partial charge is 0.251 e. The Morgan fingerprint density at radius 3 is 2.34 bits per heavy atom. The summed E-state index contributed by atoms with van der Waals surface area (Å²) in [5.41, 5.74) is 3.74. The van der Waals surface area contributed by atoms with Gasteiger partial charge in [-0.15, -0.1) is 0 Å². The molecule has 1 aliphatic rings. The summed E-state index contributed by atoms with van der Waals surface area (Å²) in [5, 5.41) is 5.63. The first-order valence-electron chi connectivity index (χ1n) is 12.7. The topological polar surface area (TPSA) is 87.7 Å². The molecule has 3 aromatic carbocycles. The van der Waals surface area contributed by atoms with Gasteiger partial charge in [0, 0.05) is 11.8 Å². The quantitative estimate of drug-likeness (QED) is 0.394. The van der Waals surface area contributed by atoms with Crippen molar-refractivity contribution >= 4 is 40.9 Å². The number of ether oxygens (including phenoxy) is 1. The predicted molar refractivity (Wildman–Crippen MR) is 151 cm³/mol. The predicted octanol–water partition coefficient (Wildman–Crippen LogP) is 5.78. The minimum atomic E-state index is -1.01. The summed E-state index contributed by atoms with van der Waals surface area (Å²) in [4.78, 5) is 40.9. The number of carbonyl (C=O) groups excluding carboxylic acids is 3. The molecule has 1 atom stereocenters. The molecule has 0 fully saturated rings. The number of fused-ring (bicyclic) bond motifs is 1. The van der Waals surface area contributed by atoms with Gasteiger partial charge in [-0.1, -0.05) is 57.2 Å². The lowest BCUT2D eigenvalue weighted by atomic mass is 9.87. The van der Waals surface area contributed by atoms with E-state index in [1.54, 1.807) is 54.6 Å². The van der Waals surface area contributed by atoms with Gasteiger partial charge in [-0.3, -0.25) is 19.3 Å². The lowest BCUT2D eigenvalue weighted by Crippen LogP contribution is -2.52. The second kappa shape index (κ2) is 11.3. The first-order valence-corrected chi connectivity index (χ1v) is 12.7. The lowest BCUT2D eigenvalue weighted by Gasteiger charge is -2.35. The van der Waals surface area contributed by atoms with Gasteiger partial charge in [-0.25, -0.2) is 0 Å². The van der Waals surface area contributed by atoms with Gasteiger partial charge in [0.25, 0.3) is 5.91 Å². The highest BCUT2D eigenvalue weighted by molar-refractivity contribution is 6.16. The molecule has 0 radical (unpaired) electrons. The van der Waals surface area contributed by atoms with E-state index in [9.17, 15) is 14.4 Å². The van der Waals surface area contributed by atoms with Crippen LogP contribution in [0, 0.1) is 0 Å². The van der Waals surface area contributed by atoms with Crippen molar-refractivity contribution in [2.45, 2.75) is 45.6 Å². The molecule has 0 spiro atoms. The van der Waals surface area contributed by atoms with E-state index in [-0.39, 0.29) is 23.7 Å². The zero-order valence-corrected chi connectivity index (χ0v) is 22.2. The van der Waals surface area contributed by atoms with Crippen LogP contribution < -0.4 is 20.3 Å². The SMILES string of the molecule is CCOc1ccc(NC(=O)C[C@H]2C(=O)Nc3ccccc3N2C(=O)/C=C/c2ccc(C(C)(C)C)cc2)cc1. The summed E-state index contributed by atoms with van der Waals surface area (Å²) < 4.78 is 5.43. The van der Waals surface area contributed by atoms with Gasteiger partial charge in [0.05, 0.1) is 24.4 Å². The molecule has 2 N–H and O–H groups in total. The molecule has 0 saturated carbocycles. The second-order valence-corrected chi connectivity index (χ2v) is 10.1. The summed E-state index contributed by atoms with van der Waals surface area (Å²) in [5.74, 6) is -0.480. The van der Waals surface area contributed by atoms with Crippen molar-refractivity contribution in [3.63, 3.8) is 0 Å². The van der Waals surface area contributed by atoms with Crippen LogP contribution in [0.15, 0.2) is 78.9 Å². The van der Waals surface area contributed by atoms with Crippen molar-refractivity contribution < 1.29 is 19.1 Å². The van der Waals surface area contributed by atoms with Gasteiger partial charge in [0.1, 0.15) is 11.8 Å². The number of para-hydroxylation sites is 2. The maximum absolute atomic E-state index is 13.5. The summed E-state index contributed by atoms with van der Waals surface area (Å²) >= 11 is 0. The molecule has 0 bridgehead atoms. The fourth-order valence-corrected chi connectivity index (χ4v) is 4.28. The molecule has 1 heterocycles. The number of carbonyl (C=O) groups is 3. The van der Waals surface area contributed by atoms with Crippen molar-refractivity contribution in [1.29, 1.82) is 0 Å². The van der Waals surface area contributed by atoms with Crippen LogP contribution in [-0.4, -0.2) is 30.4 Å². The van der Waals surface area contributed by atoms with E-state index in [2.05, 4.69) is 31.4 Å². The fourth-order valence-electron chi connectivity index (χ4n) is 4.28. The number of hydrogen-bond donors (Lipinski definition) is 2. The fraction of sp³-hybridized carbons (Fsp3) is 0.258. The van der Waals surface area contributed by atoms with Crippen molar-refractivity contribution in [3.05, 3.63) is 90.0 Å². The molecule has 38 heavy (non-hydrogen) atoms. The van der Waals surface area contributed by atoms with Crippen LogP contribution in [0.2, 0.25) is 0 Å². The van der Waals surface area contributed by atoms with E-state index in [4.69, 9.17) is 4.74 Å². The number of nitrogens with zero attached hydrogens (tertiary/aromatic N) is 1. The van der Waals surface area contributed by atoms with Crippen LogP contribution in [0.25, 0.3) is 6.08 Å². The van der Waals surface area contributed by atoms with Gasteiger partial charge in [0.2, 0.25) is 11.8 Å². The van der Waals surface area contributed by atoms with E-state index in [0.29, 0.717) is 29.4 Å². The Morgan fingerprint density at radius 2 is 1.68 bits per heavy atom. The van der Waals surface area contributed by atoms with Crippen LogP contribution in [0.1, 0.15) is 45.2 Å². The maximum Gasteiger partial charge on any atom is 0.251 e. The highest BCUT2D eigenvalue weighted by Crippen LogP contribution is 2.33. The summed E-state index contributed by atoms with van der Waals surface area (Å²) in [6.07, 6.45) is 2.97. The molecule has 7 heteroatoms. The minimum absolute atomic E-state index is 0.0298. The van der Waals surface area contributed by atoms with Crippen molar-refractivity contribution in [1.82, 2.24) is 0 Å². The van der Waals surface area contributed by atoms with Crippen LogP contribution >= 0.6 is 0 Å². The van der Waals surface area contributed by atoms with Gasteiger partial charge in [-0.2, -0.15) is 0 Å². The molecule has 7 nitrogen and oxygen atoms in total. The third-order valence-corrected chi connectivity index (χ3v) is 6.30. The highest BCUT2D eigenvalue weighted by Gasteiger charge is 2.37. The van der Waals surface area contributed by atoms with Gasteiger partial charge >= 0.3 is 0 Å². The monoisotopic (exact) mass is 511 g/mol. The van der Waals surface area contributed by atoms with Crippen LogP contribution in [0.3, 0.4) is 0 Å². The highest BCUT2D eigenvalue weighted by atomic mass is 16.5. The standard InChI is InChI=1S/C31H33N3O4/c1-5-38-24-17-15-23(16-18-24)32-28(35)20-27-30(37)33-25-8-6-7-9-26(25)34(27)29(36)19-12-21-10-13-22(14-11-21)31(2,3)4/h6-19,27H,5,20H2,1-4H3,(H,32,35)(H,33,37)/b19-12+/t27-/m0/s1. The van der Waals surface area contributed by atoms with Crippen molar-refractivity contribution in [2.75, 3.05) is 22.1 Å². The van der Waals surface area contributed by atoms with E-state index in [1.807, 2.05) is 31.2 Å². The van der Waals surface area contributed by atoms with E-state index in [0.717, 1.165) is 5.56 Å².